The van der Waals surface area contributed by atoms with Crippen LogP contribution in [0, 0.1) is 25.2 Å². The van der Waals surface area contributed by atoms with E-state index in [2.05, 4.69) is 5.32 Å². The molecule has 0 radical (unpaired) electrons. The summed E-state index contributed by atoms with van der Waals surface area (Å²) in [4.78, 5) is 24.3. The fraction of sp³-hybridized carbons (Fsp3) is 0.235. The van der Waals surface area contributed by atoms with Crippen LogP contribution in [0.5, 0.6) is 0 Å². The van der Waals surface area contributed by atoms with Crippen molar-refractivity contribution in [3.63, 3.8) is 0 Å². The van der Waals surface area contributed by atoms with Crippen LogP contribution in [0.2, 0.25) is 5.02 Å². The lowest BCUT2D eigenvalue weighted by atomic mass is 10.1. The zero-order chi connectivity index (χ0) is 17.0. The minimum atomic E-state index is -0.438. The van der Waals surface area contributed by atoms with Crippen molar-refractivity contribution in [2.45, 2.75) is 26.9 Å². The minimum Gasteiger partial charge on any atom is -0.350 e. The highest BCUT2D eigenvalue weighted by Gasteiger charge is 2.12. The molecule has 1 aromatic carbocycles. The molecule has 0 bridgehead atoms. The number of hydrogen-bond donors (Lipinski definition) is 1. The fourth-order valence-electron chi connectivity index (χ4n) is 2.26. The zero-order valence-electron chi connectivity index (χ0n) is 12.9. The molecule has 2 rings (SSSR count). The van der Waals surface area contributed by atoms with Gasteiger partial charge in [0.25, 0.3) is 5.56 Å². The van der Waals surface area contributed by atoms with Crippen LogP contribution in [0.1, 0.15) is 22.4 Å². The first-order chi connectivity index (χ1) is 10.9. The first-order valence-corrected chi connectivity index (χ1v) is 7.42. The van der Waals surface area contributed by atoms with Crippen LogP contribution in [-0.2, 0) is 17.9 Å². The predicted molar refractivity (Wildman–Crippen MR) is 88.2 cm³/mol. The van der Waals surface area contributed by atoms with E-state index in [1.807, 2.05) is 18.2 Å². The maximum atomic E-state index is 12.2. The van der Waals surface area contributed by atoms with E-state index >= 15 is 0 Å². The number of halogens is 1. The smallest absolute Gasteiger partial charge is 0.269 e. The molecule has 1 amide bonds. The normalized spacial score (nSPS) is 10.2. The Kier molecular flexibility index (Phi) is 5.20. The van der Waals surface area contributed by atoms with Gasteiger partial charge < -0.3 is 9.88 Å². The minimum absolute atomic E-state index is 0.0705. The Bertz CT molecular complexity index is 833. The van der Waals surface area contributed by atoms with Crippen molar-refractivity contribution in [1.29, 1.82) is 5.26 Å². The van der Waals surface area contributed by atoms with Crippen molar-refractivity contribution < 1.29 is 4.79 Å². The van der Waals surface area contributed by atoms with E-state index in [0.717, 1.165) is 5.56 Å². The van der Waals surface area contributed by atoms with Gasteiger partial charge in [0, 0.05) is 17.3 Å². The van der Waals surface area contributed by atoms with Crippen LogP contribution in [-0.4, -0.2) is 10.5 Å². The molecule has 5 nitrogen and oxygen atoms in total. The van der Waals surface area contributed by atoms with Crippen LogP contribution in [0.25, 0.3) is 0 Å². The van der Waals surface area contributed by atoms with E-state index in [-0.39, 0.29) is 18.0 Å². The molecule has 2 aromatic rings. The van der Waals surface area contributed by atoms with Gasteiger partial charge in [-0.05, 0) is 43.2 Å². The standard InChI is InChI=1S/C17H16ClN3O2/c1-11-7-12(2)21(17(23)15(11)8-19)10-16(22)20-9-13-3-5-14(18)6-4-13/h3-7H,9-10H2,1-2H3,(H,20,22). The van der Waals surface area contributed by atoms with Gasteiger partial charge >= 0.3 is 0 Å². The molecule has 23 heavy (non-hydrogen) atoms. The summed E-state index contributed by atoms with van der Waals surface area (Å²) in [6.07, 6.45) is 0. The average Bonchev–Trinajstić information content (AvgIpc) is 2.51. The lowest BCUT2D eigenvalue weighted by molar-refractivity contribution is -0.121. The Morgan fingerprint density at radius 3 is 2.57 bits per heavy atom. The summed E-state index contributed by atoms with van der Waals surface area (Å²) in [5.74, 6) is -0.294. The molecule has 118 valence electrons. The van der Waals surface area contributed by atoms with Gasteiger partial charge in [0.05, 0.1) is 0 Å². The summed E-state index contributed by atoms with van der Waals surface area (Å²) in [6, 6.07) is 10.8. The number of benzene rings is 1. The highest BCUT2D eigenvalue weighted by molar-refractivity contribution is 6.30. The Labute approximate surface area is 139 Å². The third-order valence-corrected chi connectivity index (χ3v) is 3.77. The summed E-state index contributed by atoms with van der Waals surface area (Å²) in [6.45, 7) is 3.67. The quantitative estimate of drug-likeness (QED) is 0.935. The third kappa shape index (κ3) is 3.99. The molecule has 0 saturated carbocycles. The second-order valence-electron chi connectivity index (χ2n) is 5.25. The SMILES string of the molecule is Cc1cc(C)n(CC(=O)NCc2ccc(Cl)cc2)c(=O)c1C#N. The molecular formula is C17H16ClN3O2. The lowest BCUT2D eigenvalue weighted by Gasteiger charge is -2.12. The first kappa shape index (κ1) is 16.8. The van der Waals surface area contributed by atoms with Crippen molar-refractivity contribution in [3.05, 3.63) is 68.1 Å². The number of carbonyl (C=O) groups is 1. The van der Waals surface area contributed by atoms with E-state index in [1.54, 1.807) is 32.0 Å². The summed E-state index contributed by atoms with van der Waals surface area (Å²) in [5, 5.41) is 12.4. The largest absolute Gasteiger partial charge is 0.350 e. The molecule has 0 aliphatic carbocycles. The summed E-state index contributed by atoms with van der Waals surface area (Å²) in [7, 11) is 0. The highest BCUT2D eigenvalue weighted by Crippen LogP contribution is 2.09. The van der Waals surface area contributed by atoms with Gasteiger partial charge in [0.2, 0.25) is 5.91 Å². The lowest BCUT2D eigenvalue weighted by Crippen LogP contribution is -2.34. The second kappa shape index (κ2) is 7.12. The molecule has 0 saturated heterocycles. The highest BCUT2D eigenvalue weighted by atomic mass is 35.5. The topological polar surface area (TPSA) is 74.9 Å². The van der Waals surface area contributed by atoms with Gasteiger partial charge in [0.1, 0.15) is 18.2 Å². The van der Waals surface area contributed by atoms with Crippen LogP contribution in [0.3, 0.4) is 0 Å². The second-order valence-corrected chi connectivity index (χ2v) is 5.69. The van der Waals surface area contributed by atoms with Gasteiger partial charge in [-0.25, -0.2) is 0 Å². The number of aromatic nitrogens is 1. The molecule has 0 atom stereocenters. The number of nitrogens with one attached hydrogen (secondary N) is 1. The van der Waals surface area contributed by atoms with Crippen molar-refractivity contribution >= 4 is 17.5 Å². The molecule has 0 spiro atoms. The maximum Gasteiger partial charge on any atom is 0.269 e. The molecule has 6 heteroatoms. The van der Waals surface area contributed by atoms with Crippen molar-refractivity contribution in [3.8, 4) is 6.07 Å². The van der Waals surface area contributed by atoms with Gasteiger partial charge in [-0.1, -0.05) is 23.7 Å². The van der Waals surface area contributed by atoms with Crippen molar-refractivity contribution in [2.24, 2.45) is 0 Å². The van der Waals surface area contributed by atoms with Crippen molar-refractivity contribution in [1.82, 2.24) is 9.88 Å². The van der Waals surface area contributed by atoms with Gasteiger partial charge in [0.15, 0.2) is 0 Å². The van der Waals surface area contributed by atoms with Crippen LogP contribution >= 0.6 is 11.6 Å². The van der Waals surface area contributed by atoms with E-state index in [0.29, 0.717) is 22.8 Å². The maximum absolute atomic E-state index is 12.2. The number of carbonyl (C=O) groups excluding carboxylic acids is 1. The van der Waals surface area contributed by atoms with E-state index < -0.39 is 5.56 Å². The molecule has 1 aromatic heterocycles. The number of amides is 1. The molecule has 1 heterocycles. The summed E-state index contributed by atoms with van der Waals surface area (Å²) < 4.78 is 1.31. The molecule has 0 unspecified atom stereocenters. The molecule has 1 N–H and O–H groups in total. The number of aryl methyl sites for hydroxylation is 2. The fourth-order valence-corrected chi connectivity index (χ4v) is 2.39. The molecule has 0 fully saturated rings. The molecule has 0 aliphatic rings. The van der Waals surface area contributed by atoms with Crippen LogP contribution in [0.15, 0.2) is 35.1 Å². The first-order valence-electron chi connectivity index (χ1n) is 7.04. The van der Waals surface area contributed by atoms with Crippen LogP contribution < -0.4 is 10.9 Å². The number of nitrogens with zero attached hydrogens (tertiary/aromatic N) is 2. The van der Waals surface area contributed by atoms with E-state index in [4.69, 9.17) is 16.9 Å². The zero-order valence-corrected chi connectivity index (χ0v) is 13.6. The summed E-state index contributed by atoms with van der Waals surface area (Å²) in [5.41, 5.74) is 1.81. The third-order valence-electron chi connectivity index (χ3n) is 3.52. The number of nitriles is 1. The monoisotopic (exact) mass is 329 g/mol. The van der Waals surface area contributed by atoms with Crippen LogP contribution in [0.4, 0.5) is 0 Å². The van der Waals surface area contributed by atoms with Crippen molar-refractivity contribution in [2.75, 3.05) is 0 Å². The Balaban J connectivity index is 2.10. The van der Waals surface area contributed by atoms with E-state index in [1.165, 1.54) is 4.57 Å². The Morgan fingerprint density at radius 1 is 1.30 bits per heavy atom. The van der Waals surface area contributed by atoms with E-state index in [9.17, 15) is 9.59 Å². The Morgan fingerprint density at radius 2 is 1.96 bits per heavy atom. The predicted octanol–water partition coefficient (Wildman–Crippen LogP) is 2.31. The molecular weight excluding hydrogens is 314 g/mol. The number of hydrogen-bond acceptors (Lipinski definition) is 3. The average molecular weight is 330 g/mol. The number of rotatable bonds is 4. The summed E-state index contributed by atoms with van der Waals surface area (Å²) >= 11 is 5.81. The van der Waals surface area contributed by atoms with Gasteiger partial charge in [-0.15, -0.1) is 0 Å². The van der Waals surface area contributed by atoms with Gasteiger partial charge in [-0.3, -0.25) is 9.59 Å². The van der Waals surface area contributed by atoms with Gasteiger partial charge in [-0.2, -0.15) is 5.26 Å². The Hall–Kier alpha value is -2.58. The molecule has 0 aliphatic heterocycles. The number of pyridine rings is 1.